The van der Waals surface area contributed by atoms with Gasteiger partial charge in [-0.3, -0.25) is 0 Å². The molecule has 1 heterocycles. The molecule has 0 saturated heterocycles. The molecular weight excluding hydrogens is 226 g/mol. The van der Waals surface area contributed by atoms with Crippen LogP contribution in [-0.4, -0.2) is 40.1 Å². The molecule has 3 N–H and O–H groups in total. The molecule has 1 rings (SSSR count). The van der Waals surface area contributed by atoms with Crippen LogP contribution >= 0.6 is 11.8 Å². The van der Waals surface area contributed by atoms with E-state index in [1.165, 1.54) is 0 Å². The number of thioether (sulfide) groups is 1. The molecule has 6 nitrogen and oxygen atoms in total. The van der Waals surface area contributed by atoms with Gasteiger partial charge in [0.2, 0.25) is 11.9 Å². The number of rotatable bonds is 7. The van der Waals surface area contributed by atoms with E-state index in [-0.39, 0.29) is 12.0 Å². The Morgan fingerprint density at radius 1 is 1.38 bits per heavy atom. The van der Waals surface area contributed by atoms with Crippen molar-refractivity contribution in [2.24, 2.45) is 0 Å². The highest BCUT2D eigenvalue weighted by Crippen LogP contribution is 2.08. The Hall–Kier alpha value is -1.24. The second-order valence-electron chi connectivity index (χ2n) is 3.01. The third-order valence-electron chi connectivity index (χ3n) is 1.71. The maximum absolute atomic E-state index is 5.53. The number of nitrogens with one attached hydrogen (secondary N) is 1. The van der Waals surface area contributed by atoms with Crippen molar-refractivity contribution in [2.45, 2.75) is 13.3 Å². The summed E-state index contributed by atoms with van der Waals surface area (Å²) < 4.78 is 5.17. The summed E-state index contributed by atoms with van der Waals surface area (Å²) in [5.41, 5.74) is 5.53. The minimum atomic E-state index is 0.172. The zero-order valence-electron chi connectivity index (χ0n) is 9.56. The first-order chi connectivity index (χ1) is 7.76. The van der Waals surface area contributed by atoms with Gasteiger partial charge in [-0.2, -0.15) is 26.7 Å². The van der Waals surface area contributed by atoms with E-state index in [0.29, 0.717) is 12.6 Å². The number of aromatic nitrogens is 3. The van der Waals surface area contributed by atoms with Crippen molar-refractivity contribution in [3.05, 3.63) is 0 Å². The zero-order chi connectivity index (χ0) is 11.8. The first kappa shape index (κ1) is 12.8. The number of anilines is 2. The first-order valence-corrected chi connectivity index (χ1v) is 6.52. The molecule has 16 heavy (non-hydrogen) atoms. The molecule has 0 spiro atoms. The summed E-state index contributed by atoms with van der Waals surface area (Å²) >= 11 is 1.81. The fraction of sp³-hybridized carbons (Fsp3) is 0.667. The van der Waals surface area contributed by atoms with E-state index in [0.717, 1.165) is 18.7 Å². The topological polar surface area (TPSA) is 86.0 Å². The van der Waals surface area contributed by atoms with E-state index in [1.54, 1.807) is 0 Å². The lowest BCUT2D eigenvalue weighted by molar-refractivity contribution is 0.312. The van der Waals surface area contributed by atoms with Crippen LogP contribution in [-0.2, 0) is 0 Å². The molecule has 0 atom stereocenters. The molecule has 0 amide bonds. The van der Waals surface area contributed by atoms with Gasteiger partial charge in [0.25, 0.3) is 0 Å². The number of hydrogen-bond acceptors (Lipinski definition) is 7. The van der Waals surface area contributed by atoms with Crippen LogP contribution in [0.2, 0.25) is 0 Å². The lowest BCUT2D eigenvalue weighted by atomic mass is 10.5. The van der Waals surface area contributed by atoms with Gasteiger partial charge in [0.15, 0.2) is 0 Å². The molecule has 0 saturated carbocycles. The first-order valence-electron chi connectivity index (χ1n) is 5.13. The quantitative estimate of drug-likeness (QED) is 0.691. The molecule has 0 unspecified atom stereocenters. The van der Waals surface area contributed by atoms with Gasteiger partial charge >= 0.3 is 6.01 Å². The summed E-state index contributed by atoms with van der Waals surface area (Å²) in [4.78, 5) is 11.9. The monoisotopic (exact) mass is 243 g/mol. The molecule has 0 aliphatic rings. The lowest BCUT2D eigenvalue weighted by Gasteiger charge is -2.06. The summed E-state index contributed by atoms with van der Waals surface area (Å²) in [6, 6.07) is 0.266. The summed E-state index contributed by atoms with van der Waals surface area (Å²) in [6.45, 7) is 3.19. The highest BCUT2D eigenvalue weighted by atomic mass is 32.2. The average Bonchev–Trinajstić information content (AvgIpc) is 2.24. The van der Waals surface area contributed by atoms with Gasteiger partial charge in [-0.1, -0.05) is 0 Å². The van der Waals surface area contributed by atoms with Crippen LogP contribution in [0.1, 0.15) is 13.3 Å². The normalized spacial score (nSPS) is 10.1. The fourth-order valence-electron chi connectivity index (χ4n) is 1.06. The molecule has 1 aromatic heterocycles. The van der Waals surface area contributed by atoms with Gasteiger partial charge in [-0.05, 0) is 25.4 Å². The Morgan fingerprint density at radius 2 is 2.19 bits per heavy atom. The van der Waals surface area contributed by atoms with E-state index in [4.69, 9.17) is 10.5 Å². The highest BCUT2D eigenvalue weighted by molar-refractivity contribution is 7.98. The standard InChI is InChI=1S/C9H17N5OS/c1-3-15-9-13-7(10)12-8(14-9)11-5-4-6-16-2/h3-6H2,1-2H3,(H3,10,11,12,13,14). The van der Waals surface area contributed by atoms with Crippen molar-refractivity contribution in [3.63, 3.8) is 0 Å². The molecule has 1 aromatic rings. The number of nitrogen functional groups attached to an aromatic ring is 1. The molecule has 0 aromatic carbocycles. The molecule has 7 heteroatoms. The number of hydrogen-bond donors (Lipinski definition) is 2. The van der Waals surface area contributed by atoms with Gasteiger partial charge < -0.3 is 15.8 Å². The summed E-state index contributed by atoms with van der Waals surface area (Å²) in [5, 5.41) is 3.08. The van der Waals surface area contributed by atoms with Crippen LogP contribution in [0.3, 0.4) is 0 Å². The second kappa shape index (κ2) is 7.10. The molecule has 0 fully saturated rings. The number of nitrogens with zero attached hydrogens (tertiary/aromatic N) is 3. The van der Waals surface area contributed by atoms with Gasteiger partial charge in [0.05, 0.1) is 6.61 Å². The predicted octanol–water partition coefficient (Wildman–Crippen LogP) is 1.02. The third-order valence-corrected chi connectivity index (χ3v) is 2.41. The van der Waals surface area contributed by atoms with Crippen molar-refractivity contribution in [1.82, 2.24) is 15.0 Å². The summed E-state index contributed by atoms with van der Waals surface area (Å²) in [5.74, 6) is 1.74. The van der Waals surface area contributed by atoms with Crippen molar-refractivity contribution in [2.75, 3.05) is 36.2 Å². The Morgan fingerprint density at radius 3 is 2.88 bits per heavy atom. The Balaban J connectivity index is 2.51. The van der Waals surface area contributed by atoms with Crippen LogP contribution in [0.4, 0.5) is 11.9 Å². The Kier molecular flexibility index (Phi) is 5.69. The van der Waals surface area contributed by atoms with Crippen LogP contribution in [0.15, 0.2) is 0 Å². The molecule has 0 aliphatic heterocycles. The van der Waals surface area contributed by atoms with Gasteiger partial charge in [0, 0.05) is 6.54 Å². The Labute approximate surface area is 99.4 Å². The van der Waals surface area contributed by atoms with Gasteiger partial charge in [0.1, 0.15) is 0 Å². The van der Waals surface area contributed by atoms with Gasteiger partial charge in [-0.25, -0.2) is 0 Å². The van der Waals surface area contributed by atoms with Crippen molar-refractivity contribution < 1.29 is 4.74 Å². The van der Waals surface area contributed by atoms with Crippen molar-refractivity contribution in [3.8, 4) is 6.01 Å². The van der Waals surface area contributed by atoms with E-state index >= 15 is 0 Å². The molecule has 0 radical (unpaired) electrons. The molecular formula is C9H17N5OS. The second-order valence-corrected chi connectivity index (χ2v) is 3.99. The van der Waals surface area contributed by atoms with Gasteiger partial charge in [-0.15, -0.1) is 0 Å². The molecule has 0 aliphatic carbocycles. The number of nitrogens with two attached hydrogens (primary N) is 1. The van der Waals surface area contributed by atoms with Crippen molar-refractivity contribution >= 4 is 23.7 Å². The van der Waals surface area contributed by atoms with Crippen LogP contribution in [0.25, 0.3) is 0 Å². The SMILES string of the molecule is CCOc1nc(N)nc(NCCCSC)n1. The molecule has 90 valence electrons. The van der Waals surface area contributed by atoms with E-state index in [1.807, 2.05) is 18.7 Å². The highest BCUT2D eigenvalue weighted by Gasteiger charge is 2.03. The van der Waals surface area contributed by atoms with Crippen LogP contribution in [0.5, 0.6) is 6.01 Å². The summed E-state index contributed by atoms with van der Waals surface area (Å²) in [6.07, 6.45) is 3.13. The van der Waals surface area contributed by atoms with E-state index < -0.39 is 0 Å². The van der Waals surface area contributed by atoms with Crippen molar-refractivity contribution in [1.29, 1.82) is 0 Å². The number of ether oxygens (including phenoxy) is 1. The van der Waals surface area contributed by atoms with Crippen LogP contribution < -0.4 is 15.8 Å². The maximum atomic E-state index is 5.53. The lowest BCUT2D eigenvalue weighted by Crippen LogP contribution is -2.10. The third kappa shape index (κ3) is 4.52. The molecule has 0 bridgehead atoms. The minimum absolute atomic E-state index is 0.172. The zero-order valence-corrected chi connectivity index (χ0v) is 10.4. The Bertz CT molecular complexity index is 323. The largest absolute Gasteiger partial charge is 0.464 e. The minimum Gasteiger partial charge on any atom is -0.464 e. The van der Waals surface area contributed by atoms with E-state index in [2.05, 4.69) is 26.5 Å². The smallest absolute Gasteiger partial charge is 0.323 e. The van der Waals surface area contributed by atoms with Crippen LogP contribution in [0, 0.1) is 0 Å². The predicted molar refractivity (Wildman–Crippen MR) is 66.9 cm³/mol. The average molecular weight is 243 g/mol. The maximum Gasteiger partial charge on any atom is 0.323 e. The van der Waals surface area contributed by atoms with E-state index in [9.17, 15) is 0 Å². The summed E-state index contributed by atoms with van der Waals surface area (Å²) in [7, 11) is 0. The fourth-order valence-corrected chi connectivity index (χ4v) is 1.49.